The smallest absolute Gasteiger partial charge is 0.206 e. The topological polar surface area (TPSA) is 158 Å². The van der Waals surface area contributed by atoms with E-state index in [0.717, 1.165) is 6.92 Å². The first-order valence-electron chi connectivity index (χ1n) is 9.00. The van der Waals surface area contributed by atoms with E-state index in [-0.39, 0.29) is 23.1 Å². The van der Waals surface area contributed by atoms with Crippen LogP contribution in [0, 0.1) is 12.8 Å². The predicted molar refractivity (Wildman–Crippen MR) is 102 cm³/mol. The molecule has 2 unspecified atom stereocenters. The summed E-state index contributed by atoms with van der Waals surface area (Å²) >= 11 is 0. The molecule has 150 valence electrons. The van der Waals surface area contributed by atoms with Crippen molar-refractivity contribution < 1.29 is 34.8 Å². The van der Waals surface area contributed by atoms with Crippen LogP contribution in [0.25, 0.3) is 10.8 Å². The van der Waals surface area contributed by atoms with Crippen LogP contribution in [-0.2, 0) is 16.0 Å². The number of carbonyl (C=O) groups is 3. The molecule has 0 radical (unpaired) electrons. The van der Waals surface area contributed by atoms with Gasteiger partial charge >= 0.3 is 0 Å². The van der Waals surface area contributed by atoms with Crippen LogP contribution in [0.2, 0.25) is 0 Å². The van der Waals surface area contributed by atoms with E-state index in [4.69, 9.17) is 5.73 Å². The second-order valence-electron chi connectivity index (χ2n) is 7.66. The van der Waals surface area contributed by atoms with E-state index >= 15 is 0 Å². The number of aryl methyl sites for hydroxylation is 1. The summed E-state index contributed by atoms with van der Waals surface area (Å²) in [6.45, 7) is 2.64. The molecule has 29 heavy (non-hydrogen) atoms. The highest BCUT2D eigenvalue weighted by Crippen LogP contribution is 2.48. The Balaban J connectivity index is 2.06. The first-order valence-corrected chi connectivity index (χ1v) is 9.00. The SMILES string of the molecule is CC(=O)C1=C(O)C2(O)C(=O)c3c(cc4ccc(C)c(O)c4c3O)CC2[C@@H](N)C1=O. The van der Waals surface area contributed by atoms with Crippen molar-refractivity contribution in [2.75, 3.05) is 0 Å². The van der Waals surface area contributed by atoms with Gasteiger partial charge in [-0.25, -0.2) is 0 Å². The largest absolute Gasteiger partial charge is 0.508 e. The molecule has 0 amide bonds. The van der Waals surface area contributed by atoms with Crippen molar-refractivity contribution in [2.24, 2.45) is 11.7 Å². The van der Waals surface area contributed by atoms with Gasteiger partial charge in [0.15, 0.2) is 17.2 Å². The van der Waals surface area contributed by atoms with Crippen LogP contribution in [-0.4, -0.2) is 49.4 Å². The highest BCUT2D eigenvalue weighted by molar-refractivity contribution is 6.25. The third-order valence-electron chi connectivity index (χ3n) is 6.02. The molecule has 2 aromatic rings. The molecule has 0 saturated heterocycles. The molecule has 0 bridgehead atoms. The molecule has 6 N–H and O–H groups in total. The molecule has 3 atom stereocenters. The maximum Gasteiger partial charge on any atom is 0.206 e. The number of hydrogen-bond acceptors (Lipinski definition) is 8. The van der Waals surface area contributed by atoms with Crippen molar-refractivity contribution in [3.8, 4) is 11.5 Å². The van der Waals surface area contributed by atoms with E-state index in [1.54, 1.807) is 25.1 Å². The predicted octanol–water partition coefficient (Wildman–Crippen LogP) is 0.957. The minimum Gasteiger partial charge on any atom is -0.508 e. The molecule has 0 aliphatic heterocycles. The summed E-state index contributed by atoms with van der Waals surface area (Å²) in [7, 11) is 0. The number of rotatable bonds is 1. The Labute approximate surface area is 164 Å². The zero-order valence-electron chi connectivity index (χ0n) is 15.7. The van der Waals surface area contributed by atoms with Gasteiger partial charge in [0.2, 0.25) is 5.78 Å². The van der Waals surface area contributed by atoms with Crippen LogP contribution >= 0.6 is 0 Å². The third-order valence-corrected chi connectivity index (χ3v) is 6.02. The van der Waals surface area contributed by atoms with Crippen molar-refractivity contribution in [3.63, 3.8) is 0 Å². The summed E-state index contributed by atoms with van der Waals surface area (Å²) in [5, 5.41) is 43.4. The molecule has 4 rings (SSSR count). The minimum absolute atomic E-state index is 0.0330. The van der Waals surface area contributed by atoms with Crippen LogP contribution in [0.3, 0.4) is 0 Å². The van der Waals surface area contributed by atoms with Gasteiger partial charge in [-0.1, -0.05) is 18.2 Å². The second kappa shape index (κ2) is 5.88. The van der Waals surface area contributed by atoms with Gasteiger partial charge in [0.25, 0.3) is 0 Å². The Morgan fingerprint density at radius 1 is 1.17 bits per heavy atom. The summed E-state index contributed by atoms with van der Waals surface area (Å²) in [4.78, 5) is 37.6. The van der Waals surface area contributed by atoms with E-state index in [1.807, 2.05) is 0 Å². The fraction of sp³-hybridized carbons (Fsp3) is 0.286. The van der Waals surface area contributed by atoms with E-state index in [2.05, 4.69) is 0 Å². The molecule has 2 aliphatic rings. The molecule has 0 heterocycles. The summed E-state index contributed by atoms with van der Waals surface area (Å²) in [5.41, 5.74) is 3.12. The van der Waals surface area contributed by atoms with E-state index in [1.165, 1.54) is 0 Å². The number of ketones is 3. The second-order valence-corrected chi connectivity index (χ2v) is 7.66. The number of benzene rings is 2. The molecular weight excluding hydrogens is 378 g/mol. The van der Waals surface area contributed by atoms with Crippen LogP contribution in [0.5, 0.6) is 11.5 Å². The minimum atomic E-state index is -2.63. The number of fused-ring (bicyclic) bond motifs is 3. The Morgan fingerprint density at radius 3 is 2.45 bits per heavy atom. The Kier molecular flexibility index (Phi) is 3.88. The van der Waals surface area contributed by atoms with E-state index in [9.17, 15) is 34.8 Å². The average molecular weight is 397 g/mol. The number of phenolic OH excluding ortho intramolecular Hbond substituents is 2. The Bertz CT molecular complexity index is 1180. The Morgan fingerprint density at radius 2 is 1.83 bits per heavy atom. The molecule has 8 nitrogen and oxygen atoms in total. The molecular formula is C21H19NO7. The number of hydrogen-bond donors (Lipinski definition) is 5. The summed E-state index contributed by atoms with van der Waals surface area (Å²) < 4.78 is 0. The molecule has 2 aromatic carbocycles. The van der Waals surface area contributed by atoms with Crippen molar-refractivity contribution >= 4 is 28.1 Å². The van der Waals surface area contributed by atoms with Crippen molar-refractivity contribution in [1.82, 2.24) is 0 Å². The van der Waals surface area contributed by atoms with Crippen molar-refractivity contribution in [3.05, 3.63) is 46.2 Å². The lowest BCUT2D eigenvalue weighted by Gasteiger charge is -2.44. The van der Waals surface area contributed by atoms with E-state index in [0.29, 0.717) is 16.5 Å². The molecule has 8 heteroatoms. The lowest BCUT2D eigenvalue weighted by atomic mass is 9.62. The lowest BCUT2D eigenvalue weighted by Crippen LogP contribution is -2.63. The van der Waals surface area contributed by atoms with Crippen molar-refractivity contribution in [1.29, 1.82) is 0 Å². The van der Waals surface area contributed by atoms with Crippen LogP contribution in [0.4, 0.5) is 0 Å². The maximum atomic E-state index is 13.3. The standard InChI is InChI=1S/C21H19NO7/c1-7-3-4-9-5-10-6-11-15(22)18(26)12(8(2)23)19(27)21(11,29)20(28)14(10)17(25)13(9)16(7)24/h3-5,11,15,24-25,27,29H,6,22H2,1-2H3/t11?,15-,21?/m1/s1. The highest BCUT2D eigenvalue weighted by atomic mass is 16.3. The molecule has 0 spiro atoms. The zero-order chi connectivity index (χ0) is 21.4. The number of nitrogens with two attached hydrogens (primary N) is 1. The van der Waals surface area contributed by atoms with E-state index < -0.39 is 52.0 Å². The van der Waals surface area contributed by atoms with Gasteiger partial charge < -0.3 is 26.2 Å². The van der Waals surface area contributed by atoms with Gasteiger partial charge in [0, 0.05) is 5.92 Å². The average Bonchev–Trinajstić information content (AvgIpc) is 2.65. The number of phenols is 2. The quantitative estimate of drug-likeness (QED) is 0.445. The van der Waals surface area contributed by atoms with Gasteiger partial charge in [-0.15, -0.1) is 0 Å². The van der Waals surface area contributed by atoms with Crippen LogP contribution in [0.15, 0.2) is 29.5 Å². The molecule has 0 fully saturated rings. The number of carbonyl (C=O) groups excluding carboxylic acids is 3. The third kappa shape index (κ3) is 2.24. The zero-order valence-corrected chi connectivity index (χ0v) is 15.7. The fourth-order valence-electron chi connectivity index (χ4n) is 4.44. The van der Waals surface area contributed by atoms with Crippen molar-refractivity contribution in [2.45, 2.75) is 31.9 Å². The number of Topliss-reactive ketones (excluding diaryl/α,β-unsaturated/α-hetero) is 3. The van der Waals surface area contributed by atoms with Gasteiger partial charge in [-0.2, -0.15) is 0 Å². The first kappa shape index (κ1) is 19.1. The normalized spacial score (nSPS) is 26.5. The van der Waals surface area contributed by atoms with Crippen LogP contribution < -0.4 is 5.73 Å². The number of aliphatic hydroxyl groups excluding tert-OH is 1. The monoisotopic (exact) mass is 397 g/mol. The molecule has 2 aliphatic carbocycles. The summed E-state index contributed by atoms with van der Waals surface area (Å²) in [5.74, 6) is -5.78. The lowest BCUT2D eigenvalue weighted by molar-refractivity contribution is -0.127. The highest BCUT2D eigenvalue weighted by Gasteiger charge is 2.60. The van der Waals surface area contributed by atoms with Gasteiger partial charge in [0.1, 0.15) is 22.8 Å². The molecule has 0 saturated carbocycles. The fourth-order valence-corrected chi connectivity index (χ4v) is 4.44. The first-order chi connectivity index (χ1) is 13.5. The summed E-state index contributed by atoms with van der Waals surface area (Å²) in [6.07, 6.45) is -0.0993. The maximum absolute atomic E-state index is 13.3. The number of aliphatic hydroxyl groups is 2. The number of aromatic hydroxyl groups is 2. The van der Waals surface area contributed by atoms with Gasteiger partial charge in [-0.3, -0.25) is 14.4 Å². The van der Waals surface area contributed by atoms with Crippen LogP contribution in [0.1, 0.15) is 28.4 Å². The Hall–Kier alpha value is -3.23. The van der Waals surface area contributed by atoms with Gasteiger partial charge in [0.05, 0.1) is 17.0 Å². The molecule has 0 aromatic heterocycles. The van der Waals surface area contributed by atoms with Gasteiger partial charge in [-0.05, 0) is 36.8 Å². The summed E-state index contributed by atoms with van der Waals surface area (Å²) in [6, 6.07) is 3.48.